The van der Waals surface area contributed by atoms with Crippen molar-refractivity contribution in [1.82, 2.24) is 4.90 Å². The second kappa shape index (κ2) is 5.72. The number of likely N-dealkylation sites (N-methyl/N-ethyl adjacent to an activating group) is 1. The molecule has 0 saturated heterocycles. The highest BCUT2D eigenvalue weighted by molar-refractivity contribution is 6.17. The zero-order valence-electron chi connectivity index (χ0n) is 10.9. The number of carbonyl (C=O) groups is 1. The van der Waals surface area contributed by atoms with Gasteiger partial charge < -0.3 is 4.90 Å². The summed E-state index contributed by atoms with van der Waals surface area (Å²) in [6.45, 7) is 0.955. The lowest BCUT2D eigenvalue weighted by Crippen LogP contribution is -2.31. The summed E-state index contributed by atoms with van der Waals surface area (Å²) in [4.78, 5) is 15.4. The van der Waals surface area contributed by atoms with Crippen LogP contribution in [0.5, 0.6) is 0 Å². The van der Waals surface area contributed by atoms with Crippen molar-refractivity contribution in [1.29, 1.82) is 0 Å². The smallest absolute Gasteiger partial charge is 0.227 e. The van der Waals surface area contributed by atoms with Gasteiger partial charge in [0.15, 0.2) is 0 Å². The van der Waals surface area contributed by atoms with Crippen LogP contribution in [-0.2, 0) is 17.6 Å². The van der Waals surface area contributed by atoms with E-state index in [4.69, 9.17) is 11.6 Å². The van der Waals surface area contributed by atoms with Crippen molar-refractivity contribution in [2.24, 2.45) is 0 Å². The second-order valence-electron chi connectivity index (χ2n) is 4.87. The monoisotopic (exact) mass is 266 g/mol. The summed E-state index contributed by atoms with van der Waals surface area (Å²) in [6, 6.07) is 6.95. The molecular weight excluding hydrogens is 248 g/mol. The second-order valence-corrected chi connectivity index (χ2v) is 5.10. The Morgan fingerprint density at radius 1 is 1.39 bits per heavy atom. The van der Waals surface area contributed by atoms with E-state index in [2.05, 4.69) is 23.1 Å². The summed E-state index contributed by atoms with van der Waals surface area (Å²) in [5.41, 5.74) is 3.65. The third-order valence-corrected chi connectivity index (χ3v) is 3.88. The molecule has 0 N–H and O–H groups in total. The van der Waals surface area contributed by atoms with E-state index in [0.29, 0.717) is 12.4 Å². The number of rotatable bonds is 4. The number of benzene rings is 1. The molecule has 2 rings (SSSR count). The SMILES string of the molecule is CN(CCl)CCc1ccc2c(c1)CCC(=O)N2C. The minimum atomic E-state index is 0.206. The molecule has 0 fully saturated rings. The van der Waals surface area contributed by atoms with Gasteiger partial charge in [-0.3, -0.25) is 9.69 Å². The normalized spacial score (nSPS) is 15.1. The van der Waals surface area contributed by atoms with Crippen molar-refractivity contribution in [2.75, 3.05) is 31.5 Å². The highest BCUT2D eigenvalue weighted by Crippen LogP contribution is 2.27. The van der Waals surface area contributed by atoms with Crippen molar-refractivity contribution < 1.29 is 4.79 Å². The van der Waals surface area contributed by atoms with Gasteiger partial charge in [-0.15, -0.1) is 11.6 Å². The van der Waals surface area contributed by atoms with Crippen molar-refractivity contribution in [3.8, 4) is 0 Å². The summed E-state index contributed by atoms with van der Waals surface area (Å²) in [5, 5.41) is 0. The summed E-state index contributed by atoms with van der Waals surface area (Å²) < 4.78 is 0. The van der Waals surface area contributed by atoms with Gasteiger partial charge in [-0.1, -0.05) is 12.1 Å². The fourth-order valence-electron chi connectivity index (χ4n) is 2.25. The Morgan fingerprint density at radius 3 is 2.89 bits per heavy atom. The van der Waals surface area contributed by atoms with E-state index in [9.17, 15) is 4.79 Å². The molecule has 0 radical (unpaired) electrons. The molecule has 0 aromatic heterocycles. The number of nitrogens with zero attached hydrogens (tertiary/aromatic N) is 2. The summed E-state index contributed by atoms with van der Waals surface area (Å²) in [6.07, 6.45) is 2.47. The number of amides is 1. The van der Waals surface area contributed by atoms with Crippen LogP contribution in [0.2, 0.25) is 0 Å². The van der Waals surface area contributed by atoms with Crippen LogP contribution in [0.1, 0.15) is 17.5 Å². The average Bonchev–Trinajstić information content (AvgIpc) is 2.40. The number of halogens is 1. The van der Waals surface area contributed by atoms with Crippen LogP contribution in [0.3, 0.4) is 0 Å². The standard InChI is InChI=1S/C14H19ClN2O/c1-16(10-15)8-7-11-3-5-13-12(9-11)4-6-14(18)17(13)2/h3,5,9H,4,6-8,10H2,1-2H3. The molecule has 18 heavy (non-hydrogen) atoms. The lowest BCUT2D eigenvalue weighted by Gasteiger charge is -2.26. The van der Waals surface area contributed by atoms with E-state index < -0.39 is 0 Å². The predicted molar refractivity (Wildman–Crippen MR) is 75.2 cm³/mol. The van der Waals surface area contributed by atoms with Gasteiger partial charge in [0.1, 0.15) is 0 Å². The lowest BCUT2D eigenvalue weighted by atomic mass is 9.98. The van der Waals surface area contributed by atoms with E-state index in [1.165, 1.54) is 11.1 Å². The van der Waals surface area contributed by atoms with Gasteiger partial charge in [-0.25, -0.2) is 0 Å². The molecule has 1 amide bonds. The molecule has 4 heteroatoms. The van der Waals surface area contributed by atoms with E-state index in [1.807, 2.05) is 14.1 Å². The first-order valence-corrected chi connectivity index (χ1v) is 6.78. The first-order chi connectivity index (χ1) is 8.61. The van der Waals surface area contributed by atoms with Gasteiger partial charge in [0, 0.05) is 25.7 Å². The minimum absolute atomic E-state index is 0.206. The Bertz CT molecular complexity index is 447. The van der Waals surface area contributed by atoms with Crippen molar-refractivity contribution in [3.05, 3.63) is 29.3 Å². The minimum Gasteiger partial charge on any atom is -0.315 e. The Kier molecular flexibility index (Phi) is 4.25. The fraction of sp³-hybridized carbons (Fsp3) is 0.500. The molecule has 98 valence electrons. The molecule has 1 aromatic rings. The molecular formula is C14H19ClN2O. The number of alkyl halides is 1. The highest BCUT2D eigenvalue weighted by atomic mass is 35.5. The molecule has 3 nitrogen and oxygen atoms in total. The molecule has 0 bridgehead atoms. The topological polar surface area (TPSA) is 23.6 Å². The van der Waals surface area contributed by atoms with Crippen LogP contribution in [0, 0.1) is 0 Å². The molecule has 1 aromatic carbocycles. The number of hydrogen-bond acceptors (Lipinski definition) is 2. The van der Waals surface area contributed by atoms with Gasteiger partial charge in [-0.05, 0) is 37.1 Å². The van der Waals surface area contributed by atoms with Crippen LogP contribution in [-0.4, -0.2) is 37.5 Å². The number of anilines is 1. The molecule has 1 aliphatic heterocycles. The van der Waals surface area contributed by atoms with Crippen LogP contribution in [0.15, 0.2) is 18.2 Å². The lowest BCUT2D eigenvalue weighted by molar-refractivity contribution is -0.118. The van der Waals surface area contributed by atoms with Gasteiger partial charge in [-0.2, -0.15) is 0 Å². The Hall–Kier alpha value is -1.06. The third kappa shape index (κ3) is 2.85. The zero-order chi connectivity index (χ0) is 13.1. The highest BCUT2D eigenvalue weighted by Gasteiger charge is 2.20. The number of carbonyl (C=O) groups excluding carboxylic acids is 1. The van der Waals surface area contributed by atoms with Crippen LogP contribution in [0.25, 0.3) is 0 Å². The molecule has 0 atom stereocenters. The maximum atomic E-state index is 11.6. The summed E-state index contributed by atoms with van der Waals surface area (Å²) in [5.74, 6) is 0.206. The molecule has 0 aliphatic carbocycles. The van der Waals surface area contributed by atoms with Crippen LogP contribution in [0.4, 0.5) is 5.69 Å². The van der Waals surface area contributed by atoms with E-state index in [-0.39, 0.29) is 5.91 Å². The quantitative estimate of drug-likeness (QED) is 0.617. The van der Waals surface area contributed by atoms with Gasteiger partial charge in [0.2, 0.25) is 5.91 Å². The predicted octanol–water partition coefficient (Wildman–Crippen LogP) is 2.27. The number of fused-ring (bicyclic) bond motifs is 1. The third-order valence-electron chi connectivity index (χ3n) is 3.47. The van der Waals surface area contributed by atoms with Crippen LogP contribution >= 0.6 is 11.6 Å². The van der Waals surface area contributed by atoms with Gasteiger partial charge in [0.05, 0.1) is 6.00 Å². The number of aryl methyl sites for hydroxylation is 1. The molecule has 0 spiro atoms. The summed E-state index contributed by atoms with van der Waals surface area (Å²) in [7, 11) is 3.86. The van der Waals surface area contributed by atoms with Gasteiger partial charge in [0.25, 0.3) is 0 Å². The van der Waals surface area contributed by atoms with Gasteiger partial charge >= 0.3 is 0 Å². The molecule has 0 saturated carbocycles. The van der Waals surface area contributed by atoms with Crippen LogP contribution < -0.4 is 4.90 Å². The van der Waals surface area contributed by atoms with Crippen molar-refractivity contribution in [2.45, 2.75) is 19.3 Å². The van der Waals surface area contributed by atoms with E-state index >= 15 is 0 Å². The van der Waals surface area contributed by atoms with Crippen molar-refractivity contribution in [3.63, 3.8) is 0 Å². The van der Waals surface area contributed by atoms with Crippen molar-refractivity contribution >= 4 is 23.2 Å². The summed E-state index contributed by atoms with van der Waals surface area (Å²) >= 11 is 5.75. The average molecular weight is 267 g/mol. The number of hydrogen-bond donors (Lipinski definition) is 0. The maximum Gasteiger partial charge on any atom is 0.227 e. The molecule has 1 aliphatic rings. The Morgan fingerprint density at radius 2 is 2.17 bits per heavy atom. The first-order valence-electron chi connectivity index (χ1n) is 6.24. The zero-order valence-corrected chi connectivity index (χ0v) is 11.7. The largest absolute Gasteiger partial charge is 0.315 e. The Labute approximate surface area is 113 Å². The maximum absolute atomic E-state index is 11.6. The van der Waals surface area contributed by atoms with E-state index in [0.717, 1.165) is 25.1 Å². The first kappa shape index (κ1) is 13.4. The molecule has 0 unspecified atom stereocenters. The van der Waals surface area contributed by atoms with E-state index in [1.54, 1.807) is 4.90 Å². The Balaban J connectivity index is 2.10. The molecule has 1 heterocycles. The fourth-order valence-corrected chi connectivity index (χ4v) is 2.36.